The van der Waals surface area contributed by atoms with Gasteiger partial charge in [-0.3, -0.25) is 0 Å². The summed E-state index contributed by atoms with van der Waals surface area (Å²) in [5.74, 6) is 0. The van der Waals surface area contributed by atoms with Crippen molar-refractivity contribution in [2.24, 2.45) is 0 Å². The third-order valence-electron chi connectivity index (χ3n) is 10.6. The Morgan fingerprint density at radius 3 is 1.71 bits per heavy atom. The van der Waals surface area contributed by atoms with Crippen LogP contribution in [0.1, 0.15) is 0 Å². The van der Waals surface area contributed by atoms with E-state index in [9.17, 15) is 0 Å². The van der Waals surface area contributed by atoms with Gasteiger partial charge in [-0.2, -0.15) is 0 Å². The van der Waals surface area contributed by atoms with Gasteiger partial charge in [0.1, 0.15) is 0 Å². The SMILES string of the molecule is c1ccc(-c2ccc(N(c3ccccc3)c3ccc4c5cccc6c5c5c(ccc7c8ccccc8n(c4c3)c75)n6-c3ccccc3)cc2)cc1. The molecular formula is C48H31N3. The van der Waals surface area contributed by atoms with Gasteiger partial charge in [0, 0.05) is 49.7 Å². The number of rotatable bonds is 5. The van der Waals surface area contributed by atoms with Crippen LogP contribution < -0.4 is 4.90 Å². The zero-order valence-corrected chi connectivity index (χ0v) is 27.7. The molecule has 238 valence electrons. The molecule has 0 aliphatic heterocycles. The van der Waals surface area contributed by atoms with E-state index in [4.69, 9.17) is 0 Å². The summed E-state index contributed by atoms with van der Waals surface area (Å²) in [7, 11) is 0. The van der Waals surface area contributed by atoms with Crippen molar-refractivity contribution in [3.63, 3.8) is 0 Å². The van der Waals surface area contributed by atoms with Crippen molar-refractivity contribution in [2.45, 2.75) is 0 Å². The Bertz CT molecular complexity index is 3050. The molecule has 0 aliphatic carbocycles. The topological polar surface area (TPSA) is 12.6 Å². The molecule has 0 saturated heterocycles. The van der Waals surface area contributed by atoms with Gasteiger partial charge < -0.3 is 13.9 Å². The molecule has 8 aromatic carbocycles. The maximum Gasteiger partial charge on any atom is 0.0641 e. The van der Waals surface area contributed by atoms with Gasteiger partial charge in [-0.05, 0) is 83.2 Å². The highest BCUT2D eigenvalue weighted by Gasteiger charge is 2.23. The summed E-state index contributed by atoms with van der Waals surface area (Å²) in [6.07, 6.45) is 0. The highest BCUT2D eigenvalue weighted by Crippen LogP contribution is 2.46. The van der Waals surface area contributed by atoms with Crippen molar-refractivity contribution in [2.75, 3.05) is 4.90 Å². The maximum absolute atomic E-state index is 2.53. The molecule has 0 spiro atoms. The van der Waals surface area contributed by atoms with Crippen molar-refractivity contribution in [1.82, 2.24) is 8.97 Å². The first kappa shape index (κ1) is 28.0. The third kappa shape index (κ3) is 4.06. The molecule has 0 unspecified atom stereocenters. The molecule has 0 aliphatic rings. The van der Waals surface area contributed by atoms with E-state index in [-0.39, 0.29) is 0 Å². The van der Waals surface area contributed by atoms with Crippen molar-refractivity contribution < 1.29 is 0 Å². The molecule has 3 aromatic heterocycles. The molecule has 3 nitrogen and oxygen atoms in total. The quantitative estimate of drug-likeness (QED) is 0.181. The summed E-state index contributed by atoms with van der Waals surface area (Å²) >= 11 is 0. The van der Waals surface area contributed by atoms with Crippen LogP contribution in [0.3, 0.4) is 0 Å². The van der Waals surface area contributed by atoms with E-state index in [0.717, 1.165) is 17.1 Å². The maximum atomic E-state index is 2.53. The zero-order valence-electron chi connectivity index (χ0n) is 27.7. The van der Waals surface area contributed by atoms with Crippen LogP contribution in [0.4, 0.5) is 17.1 Å². The number of benzene rings is 8. The fourth-order valence-electron chi connectivity index (χ4n) is 8.46. The van der Waals surface area contributed by atoms with Crippen LogP contribution in [-0.4, -0.2) is 8.97 Å². The third-order valence-corrected chi connectivity index (χ3v) is 10.6. The standard InChI is InChI=1S/C48H31N3/c1-4-13-32(14-5-1)33-23-25-36(26-24-33)49(34-15-6-2-7-16-34)37-27-28-39-40-20-12-22-43-46(40)47-44(50(43)35-17-8-3-9-18-35)30-29-41-38-19-10-11-21-42(38)51(48(41)47)45(39)31-37/h1-31H. The smallest absolute Gasteiger partial charge is 0.0641 e. The van der Waals surface area contributed by atoms with Gasteiger partial charge in [-0.1, -0.05) is 121 Å². The lowest BCUT2D eigenvalue weighted by Gasteiger charge is -2.26. The van der Waals surface area contributed by atoms with Crippen molar-refractivity contribution in [3.05, 3.63) is 188 Å². The second kappa shape index (κ2) is 10.8. The lowest BCUT2D eigenvalue weighted by Crippen LogP contribution is -2.09. The number of hydrogen-bond donors (Lipinski definition) is 0. The molecule has 0 bridgehead atoms. The lowest BCUT2D eigenvalue weighted by atomic mass is 10.0. The summed E-state index contributed by atoms with van der Waals surface area (Å²) < 4.78 is 4.97. The van der Waals surface area contributed by atoms with Gasteiger partial charge >= 0.3 is 0 Å². The first-order chi connectivity index (χ1) is 25.3. The van der Waals surface area contributed by atoms with Crippen LogP contribution in [0.25, 0.3) is 76.7 Å². The zero-order chi connectivity index (χ0) is 33.5. The van der Waals surface area contributed by atoms with E-state index in [0.29, 0.717) is 0 Å². The van der Waals surface area contributed by atoms with Crippen LogP contribution in [0.15, 0.2) is 188 Å². The summed E-state index contributed by atoms with van der Waals surface area (Å²) in [6.45, 7) is 0. The number of fused-ring (bicyclic) bond motifs is 6. The van der Waals surface area contributed by atoms with E-state index in [1.165, 1.54) is 76.7 Å². The minimum absolute atomic E-state index is 1.11. The largest absolute Gasteiger partial charge is 0.310 e. The van der Waals surface area contributed by atoms with E-state index in [2.05, 4.69) is 202 Å². The van der Waals surface area contributed by atoms with E-state index in [1.54, 1.807) is 0 Å². The molecule has 0 radical (unpaired) electrons. The number of hydrogen-bond acceptors (Lipinski definition) is 1. The minimum Gasteiger partial charge on any atom is -0.310 e. The highest BCUT2D eigenvalue weighted by atomic mass is 15.1. The molecule has 3 heterocycles. The fraction of sp³-hybridized carbons (Fsp3) is 0. The summed E-state index contributed by atoms with van der Waals surface area (Å²) in [6, 6.07) is 68.3. The fourth-order valence-corrected chi connectivity index (χ4v) is 8.46. The number of para-hydroxylation sites is 3. The Morgan fingerprint density at radius 1 is 0.333 bits per heavy atom. The second-order valence-corrected chi connectivity index (χ2v) is 13.4. The number of nitrogens with zero attached hydrogens (tertiary/aromatic N) is 3. The molecule has 11 aromatic rings. The molecule has 0 amide bonds. The Kier molecular flexibility index (Phi) is 5.96. The Balaban J connectivity index is 1.25. The Morgan fingerprint density at radius 2 is 0.902 bits per heavy atom. The summed E-state index contributed by atoms with van der Waals surface area (Å²) in [5.41, 5.74) is 13.0. The van der Waals surface area contributed by atoms with Crippen LogP contribution in [0.5, 0.6) is 0 Å². The summed E-state index contributed by atoms with van der Waals surface area (Å²) in [5, 5.41) is 7.62. The number of aromatic nitrogens is 2. The monoisotopic (exact) mass is 649 g/mol. The van der Waals surface area contributed by atoms with Gasteiger partial charge in [-0.25, -0.2) is 0 Å². The normalized spacial score (nSPS) is 11.9. The number of anilines is 3. The molecule has 0 fully saturated rings. The lowest BCUT2D eigenvalue weighted by molar-refractivity contribution is 1.18. The minimum atomic E-state index is 1.11. The van der Waals surface area contributed by atoms with Crippen LogP contribution >= 0.6 is 0 Å². The second-order valence-electron chi connectivity index (χ2n) is 13.4. The average Bonchev–Trinajstić information content (AvgIpc) is 3.68. The molecular weight excluding hydrogens is 619 g/mol. The summed E-state index contributed by atoms with van der Waals surface area (Å²) in [4.78, 5) is 2.38. The molecule has 3 heteroatoms. The van der Waals surface area contributed by atoms with Gasteiger partial charge in [-0.15, -0.1) is 0 Å². The average molecular weight is 650 g/mol. The van der Waals surface area contributed by atoms with Crippen LogP contribution in [0.2, 0.25) is 0 Å². The molecule has 51 heavy (non-hydrogen) atoms. The predicted octanol–water partition coefficient (Wildman–Crippen LogP) is 13.1. The predicted molar refractivity (Wildman–Crippen MR) is 216 cm³/mol. The van der Waals surface area contributed by atoms with Gasteiger partial charge in [0.15, 0.2) is 0 Å². The Hall–Kier alpha value is -6.84. The van der Waals surface area contributed by atoms with Gasteiger partial charge in [0.2, 0.25) is 0 Å². The van der Waals surface area contributed by atoms with Crippen molar-refractivity contribution >= 4 is 77.0 Å². The van der Waals surface area contributed by atoms with E-state index < -0.39 is 0 Å². The van der Waals surface area contributed by atoms with Crippen molar-refractivity contribution in [1.29, 1.82) is 0 Å². The molecule has 0 atom stereocenters. The van der Waals surface area contributed by atoms with Crippen LogP contribution in [-0.2, 0) is 0 Å². The first-order valence-corrected chi connectivity index (χ1v) is 17.5. The van der Waals surface area contributed by atoms with Gasteiger partial charge in [0.25, 0.3) is 0 Å². The van der Waals surface area contributed by atoms with Crippen molar-refractivity contribution in [3.8, 4) is 16.8 Å². The highest BCUT2D eigenvalue weighted by molar-refractivity contribution is 6.33. The van der Waals surface area contributed by atoms with E-state index >= 15 is 0 Å². The molecule has 0 saturated carbocycles. The molecule has 11 rings (SSSR count). The van der Waals surface area contributed by atoms with Crippen LogP contribution in [0, 0.1) is 0 Å². The van der Waals surface area contributed by atoms with Gasteiger partial charge in [0.05, 0.1) is 27.6 Å². The Labute approximate surface area is 294 Å². The molecule has 0 N–H and O–H groups in total. The van der Waals surface area contributed by atoms with E-state index in [1.807, 2.05) is 0 Å². The first-order valence-electron chi connectivity index (χ1n) is 17.5.